The van der Waals surface area contributed by atoms with Crippen LogP contribution >= 0.6 is 0 Å². The number of nitrogens with zero attached hydrogens (tertiary/aromatic N) is 2. The molecule has 1 aromatic carbocycles. The summed E-state index contributed by atoms with van der Waals surface area (Å²) in [5, 5.41) is 0. The lowest BCUT2D eigenvalue weighted by Gasteiger charge is -2.21. The average molecular weight is 392 g/mol. The number of benzene rings is 1. The van der Waals surface area contributed by atoms with Gasteiger partial charge in [0.1, 0.15) is 22.6 Å². The van der Waals surface area contributed by atoms with Crippen molar-refractivity contribution in [2.75, 3.05) is 5.73 Å². The van der Waals surface area contributed by atoms with Gasteiger partial charge in [0, 0.05) is 5.92 Å². The Kier molecular flexibility index (Phi) is 4.33. The maximum atomic E-state index is 13.6. The molecule has 0 unspecified atom stereocenters. The van der Waals surface area contributed by atoms with Gasteiger partial charge in [-0.1, -0.05) is 19.3 Å². The van der Waals surface area contributed by atoms with E-state index in [4.69, 9.17) is 5.73 Å². The highest BCUT2D eigenvalue weighted by molar-refractivity contribution is 7.92. The molecule has 4 rings (SSSR count). The molecule has 6 nitrogen and oxygen atoms in total. The minimum Gasteiger partial charge on any atom is -0.384 e. The molecular formula is C18H18F2N4O2S. The molecule has 0 radical (unpaired) electrons. The number of anilines is 1. The molecule has 0 spiro atoms. The molecule has 2 heterocycles. The van der Waals surface area contributed by atoms with E-state index < -0.39 is 21.5 Å². The van der Waals surface area contributed by atoms with Gasteiger partial charge in [-0.3, -0.25) is 0 Å². The summed E-state index contributed by atoms with van der Waals surface area (Å²) in [5.74, 6) is -2.25. The molecular weight excluding hydrogens is 374 g/mol. The Bertz CT molecular complexity index is 1120. The molecule has 1 fully saturated rings. The van der Waals surface area contributed by atoms with E-state index in [0.717, 1.165) is 43.5 Å². The van der Waals surface area contributed by atoms with Crippen LogP contribution in [0.2, 0.25) is 0 Å². The molecule has 27 heavy (non-hydrogen) atoms. The molecule has 1 aliphatic carbocycles. The van der Waals surface area contributed by atoms with Gasteiger partial charge < -0.3 is 10.7 Å². The number of rotatable bonds is 3. The maximum Gasteiger partial charge on any atom is 0.212 e. The third-order valence-electron chi connectivity index (χ3n) is 5.06. The van der Waals surface area contributed by atoms with Gasteiger partial charge in [0.15, 0.2) is 11.6 Å². The van der Waals surface area contributed by atoms with E-state index in [-0.39, 0.29) is 27.0 Å². The van der Waals surface area contributed by atoms with E-state index in [1.807, 2.05) is 0 Å². The summed E-state index contributed by atoms with van der Waals surface area (Å²) >= 11 is 0. The van der Waals surface area contributed by atoms with Crippen LogP contribution in [0.3, 0.4) is 0 Å². The highest BCUT2D eigenvalue weighted by Gasteiger charge is 2.30. The summed E-state index contributed by atoms with van der Waals surface area (Å²) in [6.45, 7) is 0. The SMILES string of the molecule is Nc1[nH]c2c(C3CCCCC3)ncnc2c1S(=O)(=O)c1ccc(F)c(F)c1. The van der Waals surface area contributed by atoms with E-state index in [1.165, 1.54) is 12.7 Å². The molecule has 2 aromatic heterocycles. The second kappa shape index (κ2) is 6.56. The van der Waals surface area contributed by atoms with E-state index in [0.29, 0.717) is 11.6 Å². The van der Waals surface area contributed by atoms with Crippen molar-refractivity contribution in [2.45, 2.75) is 47.8 Å². The molecule has 1 aliphatic rings. The molecule has 1 saturated carbocycles. The molecule has 9 heteroatoms. The number of hydrogen-bond donors (Lipinski definition) is 2. The standard InChI is InChI=1S/C18H18F2N4O2S/c19-12-7-6-11(8-13(12)20)27(25,26)17-16-15(24-18(17)21)14(22-9-23-16)10-4-2-1-3-5-10/h6-10,24H,1-5,21H2. The third kappa shape index (κ3) is 2.95. The number of fused-ring (bicyclic) bond motifs is 1. The number of sulfone groups is 1. The Morgan fingerprint density at radius 2 is 1.81 bits per heavy atom. The second-order valence-corrected chi connectivity index (χ2v) is 8.65. The highest BCUT2D eigenvalue weighted by atomic mass is 32.2. The van der Waals surface area contributed by atoms with Crippen LogP contribution in [0.5, 0.6) is 0 Å². The lowest BCUT2D eigenvalue weighted by atomic mass is 9.86. The highest BCUT2D eigenvalue weighted by Crippen LogP contribution is 2.38. The lowest BCUT2D eigenvalue weighted by Crippen LogP contribution is -2.08. The molecule has 0 amide bonds. The number of halogens is 2. The molecule has 0 saturated heterocycles. The number of nitrogens with two attached hydrogens (primary N) is 1. The van der Waals surface area contributed by atoms with Gasteiger partial charge in [0.05, 0.1) is 16.1 Å². The molecule has 0 aliphatic heterocycles. The zero-order valence-electron chi connectivity index (χ0n) is 14.4. The number of nitrogen functional groups attached to an aromatic ring is 1. The van der Waals surface area contributed by atoms with Gasteiger partial charge in [-0.2, -0.15) is 0 Å². The fourth-order valence-electron chi connectivity index (χ4n) is 3.73. The molecule has 0 atom stereocenters. The number of hydrogen-bond acceptors (Lipinski definition) is 5. The first-order valence-electron chi connectivity index (χ1n) is 8.72. The van der Waals surface area contributed by atoms with Gasteiger partial charge in [-0.05, 0) is 31.0 Å². The Balaban J connectivity index is 1.89. The van der Waals surface area contributed by atoms with Gasteiger partial charge in [-0.15, -0.1) is 0 Å². The van der Waals surface area contributed by atoms with Crippen LogP contribution in [0.4, 0.5) is 14.6 Å². The Hall–Kier alpha value is -2.55. The maximum absolute atomic E-state index is 13.6. The van der Waals surface area contributed by atoms with Crippen LogP contribution in [-0.4, -0.2) is 23.4 Å². The van der Waals surface area contributed by atoms with Crippen LogP contribution in [0.1, 0.15) is 43.7 Å². The van der Waals surface area contributed by atoms with E-state index in [9.17, 15) is 17.2 Å². The van der Waals surface area contributed by atoms with Crippen LogP contribution in [0, 0.1) is 11.6 Å². The molecule has 0 bridgehead atoms. The van der Waals surface area contributed by atoms with Crippen molar-refractivity contribution in [3.63, 3.8) is 0 Å². The minimum absolute atomic E-state index is 0.0905. The zero-order chi connectivity index (χ0) is 19.2. The predicted molar refractivity (Wildman–Crippen MR) is 95.9 cm³/mol. The van der Waals surface area contributed by atoms with E-state index in [2.05, 4.69) is 15.0 Å². The number of H-pyrrole nitrogens is 1. The lowest BCUT2D eigenvalue weighted by molar-refractivity contribution is 0.438. The smallest absolute Gasteiger partial charge is 0.212 e. The summed E-state index contributed by atoms with van der Waals surface area (Å²) in [5.41, 5.74) is 7.38. The minimum atomic E-state index is -4.19. The van der Waals surface area contributed by atoms with Gasteiger partial charge in [0.2, 0.25) is 9.84 Å². The van der Waals surface area contributed by atoms with Gasteiger partial charge in [-0.25, -0.2) is 27.2 Å². The van der Waals surface area contributed by atoms with E-state index in [1.54, 1.807) is 0 Å². The predicted octanol–water partition coefficient (Wildman–Crippen LogP) is 3.70. The summed E-state index contributed by atoms with van der Waals surface area (Å²) in [7, 11) is -4.19. The summed E-state index contributed by atoms with van der Waals surface area (Å²) < 4.78 is 52.8. The first kappa shape index (κ1) is 17.8. The Morgan fingerprint density at radius 1 is 1.07 bits per heavy atom. The number of aromatic amines is 1. The van der Waals surface area contributed by atoms with Crippen molar-refractivity contribution in [2.24, 2.45) is 0 Å². The van der Waals surface area contributed by atoms with Crippen molar-refractivity contribution < 1.29 is 17.2 Å². The van der Waals surface area contributed by atoms with Crippen molar-refractivity contribution in [3.8, 4) is 0 Å². The van der Waals surface area contributed by atoms with E-state index >= 15 is 0 Å². The molecule has 142 valence electrons. The van der Waals surface area contributed by atoms with Crippen molar-refractivity contribution in [1.82, 2.24) is 15.0 Å². The third-order valence-corrected chi connectivity index (χ3v) is 6.88. The number of nitrogens with one attached hydrogen (secondary N) is 1. The topological polar surface area (TPSA) is 102 Å². The molecule has 3 aromatic rings. The van der Waals surface area contributed by atoms with Gasteiger partial charge >= 0.3 is 0 Å². The van der Waals surface area contributed by atoms with Crippen molar-refractivity contribution in [3.05, 3.63) is 41.9 Å². The monoisotopic (exact) mass is 392 g/mol. The van der Waals surface area contributed by atoms with Crippen molar-refractivity contribution in [1.29, 1.82) is 0 Å². The van der Waals surface area contributed by atoms with Gasteiger partial charge in [0.25, 0.3) is 0 Å². The van der Waals surface area contributed by atoms with Crippen LogP contribution in [0.15, 0.2) is 34.3 Å². The summed E-state index contributed by atoms with van der Waals surface area (Å²) in [4.78, 5) is 10.8. The fourth-order valence-corrected chi connectivity index (χ4v) is 5.22. The second-order valence-electron chi connectivity index (χ2n) is 6.76. The number of aromatic nitrogens is 3. The van der Waals surface area contributed by atoms with Crippen LogP contribution < -0.4 is 5.73 Å². The quantitative estimate of drug-likeness (QED) is 0.662. The zero-order valence-corrected chi connectivity index (χ0v) is 15.2. The summed E-state index contributed by atoms with van der Waals surface area (Å²) in [6, 6.07) is 2.43. The fraction of sp³-hybridized carbons (Fsp3) is 0.333. The summed E-state index contributed by atoms with van der Waals surface area (Å²) in [6.07, 6.45) is 6.61. The normalized spacial score (nSPS) is 16.1. The van der Waals surface area contributed by atoms with Crippen LogP contribution in [-0.2, 0) is 9.84 Å². The molecule has 3 N–H and O–H groups in total. The first-order chi connectivity index (χ1) is 12.9. The largest absolute Gasteiger partial charge is 0.384 e. The van der Waals surface area contributed by atoms with Crippen LogP contribution in [0.25, 0.3) is 11.0 Å². The Labute approximate surface area is 154 Å². The first-order valence-corrected chi connectivity index (χ1v) is 10.2. The Morgan fingerprint density at radius 3 is 2.52 bits per heavy atom. The average Bonchev–Trinajstić information content (AvgIpc) is 3.01. The van der Waals surface area contributed by atoms with Crippen molar-refractivity contribution >= 4 is 26.7 Å².